The van der Waals surface area contributed by atoms with E-state index in [4.69, 9.17) is 19.5 Å². The van der Waals surface area contributed by atoms with Gasteiger partial charge in [-0.3, -0.25) is 9.35 Å². The molecule has 13 heteroatoms. The molecule has 0 aromatic carbocycles. The summed E-state index contributed by atoms with van der Waals surface area (Å²) in [5.74, 6) is -0.0975. The number of ether oxygens (including phenoxy) is 2. The number of carbonyl (C=O) groups is 1. The highest BCUT2D eigenvalue weighted by Crippen LogP contribution is 2.52. The number of hydrogen-bond donors (Lipinski definition) is 5. The Morgan fingerprint density at radius 2 is 1.90 bits per heavy atom. The van der Waals surface area contributed by atoms with Crippen LogP contribution in [0.3, 0.4) is 0 Å². The van der Waals surface area contributed by atoms with Gasteiger partial charge in [0.05, 0.1) is 12.0 Å². The molecule has 2 saturated carbocycles. The second kappa shape index (κ2) is 9.27. The molecule has 5 N–H and O–H groups in total. The molecule has 0 amide bonds. The van der Waals surface area contributed by atoms with E-state index in [1.807, 2.05) is 0 Å². The Morgan fingerprint density at radius 3 is 2.50 bits per heavy atom. The van der Waals surface area contributed by atoms with E-state index in [9.17, 15) is 32.2 Å². The van der Waals surface area contributed by atoms with Gasteiger partial charge in [0.1, 0.15) is 12.7 Å². The highest BCUT2D eigenvalue weighted by molar-refractivity contribution is 7.86. The molecule has 0 spiro atoms. The van der Waals surface area contributed by atoms with Crippen LogP contribution in [0.1, 0.15) is 44.9 Å². The van der Waals surface area contributed by atoms with Crippen LogP contribution in [0.4, 0.5) is 8.78 Å². The van der Waals surface area contributed by atoms with Crippen molar-refractivity contribution in [3.63, 3.8) is 0 Å². The number of esters is 1. The lowest BCUT2D eigenvalue weighted by atomic mass is 9.58. The molecular formula is C17H28F2O10S. The maximum Gasteiger partial charge on any atom is 0.428 e. The van der Waals surface area contributed by atoms with Gasteiger partial charge in [-0.05, 0) is 43.9 Å². The molecule has 30 heavy (non-hydrogen) atoms. The predicted molar refractivity (Wildman–Crippen MR) is 95.4 cm³/mol. The van der Waals surface area contributed by atoms with E-state index >= 15 is 0 Å². The molecule has 0 aromatic heterocycles. The van der Waals surface area contributed by atoms with Gasteiger partial charge in [0.25, 0.3) is 0 Å². The zero-order valence-corrected chi connectivity index (χ0v) is 17.1. The molecule has 4 unspecified atom stereocenters. The van der Waals surface area contributed by atoms with Gasteiger partial charge in [0.2, 0.25) is 0 Å². The van der Waals surface area contributed by atoms with E-state index in [1.54, 1.807) is 0 Å². The van der Waals surface area contributed by atoms with E-state index in [-0.39, 0.29) is 12.5 Å². The molecule has 0 saturated heterocycles. The van der Waals surface area contributed by atoms with Crippen molar-refractivity contribution in [3.8, 4) is 0 Å². The third-order valence-corrected chi connectivity index (χ3v) is 6.82. The summed E-state index contributed by atoms with van der Waals surface area (Å²) < 4.78 is 65.7. The first-order valence-electron chi connectivity index (χ1n) is 9.64. The SMILES string of the molecule is O=C(OCC(O)COC(F)(F)C(O)(O)S(=O)(=O)O)C12CCCC(CC(CCO)C1)C2. The molecule has 2 aliphatic carbocycles. The summed E-state index contributed by atoms with van der Waals surface area (Å²) >= 11 is 0. The Balaban J connectivity index is 1.91. The molecule has 0 aliphatic heterocycles. The molecule has 4 atom stereocenters. The quantitative estimate of drug-likeness (QED) is 0.169. The van der Waals surface area contributed by atoms with Crippen LogP contribution < -0.4 is 0 Å². The van der Waals surface area contributed by atoms with E-state index in [2.05, 4.69) is 4.74 Å². The molecule has 0 aromatic rings. The predicted octanol–water partition coefficient (Wildman–Crippen LogP) is -0.00490. The van der Waals surface area contributed by atoms with Gasteiger partial charge in [-0.2, -0.15) is 17.2 Å². The van der Waals surface area contributed by atoms with Gasteiger partial charge in [-0.1, -0.05) is 12.8 Å². The van der Waals surface area contributed by atoms with Crippen LogP contribution >= 0.6 is 0 Å². The summed E-state index contributed by atoms with van der Waals surface area (Å²) in [6.07, 6.45) is -1.97. The lowest BCUT2D eigenvalue weighted by Gasteiger charge is -2.46. The molecule has 176 valence electrons. The smallest absolute Gasteiger partial charge is 0.428 e. The first-order valence-corrected chi connectivity index (χ1v) is 11.1. The van der Waals surface area contributed by atoms with Crippen LogP contribution in [-0.2, 0) is 24.4 Å². The van der Waals surface area contributed by atoms with Crippen molar-refractivity contribution < 1.29 is 56.4 Å². The van der Waals surface area contributed by atoms with E-state index in [1.165, 1.54) is 0 Å². The van der Waals surface area contributed by atoms with Crippen LogP contribution in [0, 0.1) is 17.3 Å². The molecule has 2 fully saturated rings. The van der Waals surface area contributed by atoms with Crippen molar-refractivity contribution in [2.45, 2.75) is 62.3 Å². The molecule has 0 radical (unpaired) electrons. The van der Waals surface area contributed by atoms with E-state index in [0.717, 1.165) is 19.3 Å². The van der Waals surface area contributed by atoms with Crippen LogP contribution in [0.2, 0.25) is 0 Å². The Bertz CT molecular complexity index is 713. The number of alkyl halides is 2. The van der Waals surface area contributed by atoms with Gasteiger partial charge < -0.3 is 29.9 Å². The van der Waals surface area contributed by atoms with Gasteiger partial charge in [0.15, 0.2) is 0 Å². The number of carbonyl (C=O) groups excluding carboxylic acids is 1. The standard InChI is InChI=1S/C17H28F2O10S/c18-16(19,17(23,24)30(25,26)27)29-10-13(21)9-28-14(22)15-4-1-2-11(7-15)6-12(8-15)3-5-20/h11-13,20-21,23-24H,1-10H2,(H,25,26,27). The van der Waals surface area contributed by atoms with E-state index < -0.39 is 52.0 Å². The Morgan fingerprint density at radius 1 is 1.23 bits per heavy atom. The van der Waals surface area contributed by atoms with E-state index in [0.29, 0.717) is 31.6 Å². The first kappa shape index (κ1) is 25.3. The summed E-state index contributed by atoms with van der Waals surface area (Å²) in [6.45, 7) is -2.03. The molecule has 2 rings (SSSR count). The average Bonchev–Trinajstić information content (AvgIpc) is 2.63. The minimum atomic E-state index is -6.02. The summed E-state index contributed by atoms with van der Waals surface area (Å²) in [5, 5.41) is 31.8. The van der Waals surface area contributed by atoms with Crippen LogP contribution in [0.25, 0.3) is 0 Å². The monoisotopic (exact) mass is 462 g/mol. The zero-order valence-electron chi connectivity index (χ0n) is 16.2. The van der Waals surface area contributed by atoms with Crippen molar-refractivity contribution in [2.24, 2.45) is 17.3 Å². The fourth-order valence-corrected chi connectivity index (χ4v) is 4.83. The fourth-order valence-electron chi connectivity index (χ4n) is 4.47. The van der Waals surface area contributed by atoms with Crippen molar-refractivity contribution in [3.05, 3.63) is 0 Å². The molecule has 0 heterocycles. The molecule has 10 nitrogen and oxygen atoms in total. The average molecular weight is 462 g/mol. The number of halogens is 2. The molecular weight excluding hydrogens is 434 g/mol. The second-order valence-electron chi connectivity index (χ2n) is 8.22. The lowest BCUT2D eigenvalue weighted by molar-refractivity contribution is -0.365. The maximum atomic E-state index is 13.5. The van der Waals surface area contributed by atoms with Crippen molar-refractivity contribution in [1.29, 1.82) is 0 Å². The second-order valence-corrected chi connectivity index (χ2v) is 9.74. The van der Waals surface area contributed by atoms with Crippen molar-refractivity contribution >= 4 is 16.1 Å². The lowest BCUT2D eigenvalue weighted by Crippen LogP contribution is -2.56. The van der Waals surface area contributed by atoms with Gasteiger partial charge >= 0.3 is 27.3 Å². The first-order chi connectivity index (χ1) is 13.7. The number of rotatable bonds is 10. The number of fused-ring (bicyclic) bond motifs is 2. The molecule has 2 aliphatic rings. The fraction of sp³-hybridized carbons (Fsp3) is 0.941. The summed E-state index contributed by atoms with van der Waals surface area (Å²) in [4.78, 5) is 12.7. The third-order valence-electron chi connectivity index (χ3n) is 5.87. The zero-order chi connectivity index (χ0) is 22.8. The van der Waals surface area contributed by atoms with Gasteiger partial charge in [-0.25, -0.2) is 0 Å². The van der Waals surface area contributed by atoms with Gasteiger partial charge in [0, 0.05) is 6.61 Å². The normalized spacial score (nSPS) is 28.8. The minimum Gasteiger partial charge on any atom is -0.462 e. The highest BCUT2D eigenvalue weighted by Gasteiger charge is 2.63. The Labute approximate surface area is 172 Å². The molecule has 2 bridgehead atoms. The summed E-state index contributed by atoms with van der Waals surface area (Å²) in [6, 6.07) is 0. The topological polar surface area (TPSA) is 171 Å². The summed E-state index contributed by atoms with van der Waals surface area (Å²) in [5.41, 5.74) is -0.762. The van der Waals surface area contributed by atoms with Crippen LogP contribution in [-0.4, -0.2) is 76.5 Å². The highest BCUT2D eigenvalue weighted by atomic mass is 32.2. The minimum absolute atomic E-state index is 0.00748. The van der Waals surface area contributed by atoms with Crippen LogP contribution in [0.5, 0.6) is 0 Å². The van der Waals surface area contributed by atoms with Crippen molar-refractivity contribution in [2.75, 3.05) is 19.8 Å². The number of hydrogen-bond acceptors (Lipinski definition) is 9. The maximum absolute atomic E-state index is 13.5. The Hall–Kier alpha value is -0.960. The number of aliphatic hydroxyl groups is 4. The third kappa shape index (κ3) is 5.44. The van der Waals surface area contributed by atoms with Gasteiger partial charge in [-0.15, -0.1) is 0 Å². The Kier molecular flexibility index (Phi) is 7.81. The number of aliphatic hydroxyl groups excluding tert-OH is 2. The summed E-state index contributed by atoms with van der Waals surface area (Å²) in [7, 11) is -6.02. The largest absolute Gasteiger partial charge is 0.462 e. The van der Waals surface area contributed by atoms with Crippen LogP contribution in [0.15, 0.2) is 0 Å². The van der Waals surface area contributed by atoms with Crippen molar-refractivity contribution in [1.82, 2.24) is 0 Å².